The molecule has 0 spiro atoms. The van der Waals surface area contributed by atoms with Crippen LogP contribution in [-0.2, 0) is 0 Å². The van der Waals surface area contributed by atoms with Gasteiger partial charge in [-0.1, -0.05) is 157 Å². The van der Waals surface area contributed by atoms with Gasteiger partial charge in [0.15, 0.2) is 0 Å². The van der Waals surface area contributed by atoms with Crippen LogP contribution < -0.4 is 0 Å². The Morgan fingerprint density at radius 2 is 1.07 bits per heavy atom. The van der Waals surface area contributed by atoms with Gasteiger partial charge in [-0.05, 0) is 74.0 Å². The van der Waals surface area contributed by atoms with E-state index in [0.717, 1.165) is 27.6 Å². The van der Waals surface area contributed by atoms with Crippen molar-refractivity contribution in [3.8, 4) is 45.7 Å². The fourth-order valence-corrected chi connectivity index (χ4v) is 5.38. The smallest absolute Gasteiger partial charge is 0.0406 e. The van der Waals surface area contributed by atoms with E-state index in [0.29, 0.717) is 0 Å². The molecule has 0 N–H and O–H groups in total. The van der Waals surface area contributed by atoms with E-state index in [9.17, 15) is 0 Å². The zero-order chi connectivity index (χ0) is 25.2. The average molecular weight is 535 g/mol. The number of hydrogen-bond donors (Lipinski definition) is 0. The highest BCUT2D eigenvalue weighted by Gasteiger charge is 2.19. The molecule has 0 aliphatic carbocycles. The van der Waals surface area contributed by atoms with Crippen LogP contribution in [0.15, 0.2) is 127 Å². The Morgan fingerprint density at radius 1 is 0.512 bits per heavy atom. The standard InChI is InChI=1S/C37H26.4CH4/c1-3-13-33-32(4-2)36(30-19-12-18-29(24-30)26-14-6-5-7-15-26)34-20-10-11-21-35(34)37(33)31-23-22-27-16-8-9-17-28(27)25-31;;;;/h2-3,5-25H,1H3;4*1H4/b13-3-;;;;. The van der Waals surface area contributed by atoms with Crippen molar-refractivity contribution in [3.63, 3.8) is 0 Å². The summed E-state index contributed by atoms with van der Waals surface area (Å²) in [4.78, 5) is 0. The number of rotatable bonds is 4. The summed E-state index contributed by atoms with van der Waals surface area (Å²) in [6.07, 6.45) is 10.6. The lowest BCUT2D eigenvalue weighted by molar-refractivity contribution is 1.56. The second-order valence-corrected chi connectivity index (χ2v) is 9.24. The van der Waals surface area contributed by atoms with Gasteiger partial charge in [0.25, 0.3) is 0 Å². The van der Waals surface area contributed by atoms with Crippen LogP contribution >= 0.6 is 0 Å². The normalized spacial score (nSPS) is 10.1. The Balaban J connectivity index is 0.00000147. The Hall–Kier alpha value is -4.86. The van der Waals surface area contributed by atoms with Crippen LogP contribution in [0.2, 0.25) is 0 Å². The number of terminal acetylenes is 1. The minimum Gasteiger partial charge on any atom is -0.115 e. The minimum atomic E-state index is 0. The highest BCUT2D eigenvalue weighted by molar-refractivity contribution is 6.11. The predicted octanol–water partition coefficient (Wildman–Crippen LogP) is 12.6. The van der Waals surface area contributed by atoms with Crippen molar-refractivity contribution in [2.45, 2.75) is 36.6 Å². The van der Waals surface area contributed by atoms with Gasteiger partial charge in [0.05, 0.1) is 0 Å². The quantitative estimate of drug-likeness (QED) is 0.197. The summed E-state index contributed by atoms with van der Waals surface area (Å²) in [5.41, 5.74) is 8.95. The molecule has 0 aliphatic rings. The monoisotopic (exact) mass is 534 g/mol. The molecule has 0 fully saturated rings. The van der Waals surface area contributed by atoms with E-state index in [1.165, 1.54) is 38.4 Å². The molecule has 0 amide bonds. The Kier molecular flexibility index (Phi) is 11.0. The fraction of sp³-hybridized carbons (Fsp3) is 0.122. The van der Waals surface area contributed by atoms with Crippen LogP contribution in [0.25, 0.3) is 61.0 Å². The Bertz CT molecular complexity index is 1830. The zero-order valence-electron chi connectivity index (χ0n) is 20.8. The van der Waals surface area contributed by atoms with Gasteiger partial charge < -0.3 is 0 Å². The molecule has 0 atom stereocenters. The van der Waals surface area contributed by atoms with E-state index < -0.39 is 0 Å². The molecule has 6 aromatic carbocycles. The van der Waals surface area contributed by atoms with Gasteiger partial charge in [-0.25, -0.2) is 0 Å². The molecule has 0 unspecified atom stereocenters. The van der Waals surface area contributed by atoms with Crippen molar-refractivity contribution in [1.82, 2.24) is 0 Å². The van der Waals surface area contributed by atoms with Crippen molar-refractivity contribution in [3.05, 3.63) is 139 Å². The van der Waals surface area contributed by atoms with E-state index >= 15 is 0 Å². The lowest BCUT2D eigenvalue weighted by Gasteiger charge is -2.20. The van der Waals surface area contributed by atoms with E-state index in [-0.39, 0.29) is 29.7 Å². The van der Waals surface area contributed by atoms with Crippen molar-refractivity contribution in [2.24, 2.45) is 0 Å². The first-order valence-corrected chi connectivity index (χ1v) is 12.6. The first-order chi connectivity index (χ1) is 18.3. The summed E-state index contributed by atoms with van der Waals surface area (Å²) in [5.74, 6) is 3.09. The van der Waals surface area contributed by atoms with Crippen LogP contribution in [0.1, 0.15) is 47.8 Å². The first kappa shape index (κ1) is 32.4. The van der Waals surface area contributed by atoms with Gasteiger partial charge in [-0.15, -0.1) is 6.42 Å². The molecular weight excluding hydrogens is 492 g/mol. The van der Waals surface area contributed by atoms with E-state index in [1.54, 1.807) is 0 Å². The second kappa shape index (κ2) is 14.0. The van der Waals surface area contributed by atoms with Gasteiger partial charge >= 0.3 is 0 Å². The maximum absolute atomic E-state index is 6.31. The Labute approximate surface area is 248 Å². The molecule has 41 heavy (non-hydrogen) atoms. The summed E-state index contributed by atoms with van der Waals surface area (Å²) >= 11 is 0. The van der Waals surface area contributed by atoms with Crippen molar-refractivity contribution in [2.75, 3.05) is 0 Å². The highest BCUT2D eigenvalue weighted by Crippen LogP contribution is 2.43. The van der Waals surface area contributed by atoms with E-state index in [2.05, 4.69) is 140 Å². The third kappa shape index (κ3) is 5.86. The van der Waals surface area contributed by atoms with Crippen LogP contribution in [0.3, 0.4) is 0 Å². The summed E-state index contributed by atoms with van der Waals surface area (Å²) < 4.78 is 0. The van der Waals surface area contributed by atoms with Crippen LogP contribution in [0.5, 0.6) is 0 Å². The van der Waals surface area contributed by atoms with E-state index in [4.69, 9.17) is 6.42 Å². The number of allylic oxidation sites excluding steroid dienone is 1. The summed E-state index contributed by atoms with van der Waals surface area (Å²) in [6.45, 7) is 2.05. The SMILES string of the molecule is C.C.C.C.C#Cc1c(/C=C\C)c(-c2ccc3ccccc3c2)c2ccccc2c1-c1cccc(-c2ccccc2)c1. The first-order valence-electron chi connectivity index (χ1n) is 12.6. The number of fused-ring (bicyclic) bond motifs is 2. The number of hydrogen-bond acceptors (Lipinski definition) is 0. The highest BCUT2D eigenvalue weighted by atomic mass is 14.2. The molecule has 6 rings (SSSR count). The van der Waals surface area contributed by atoms with Gasteiger partial charge in [-0.2, -0.15) is 0 Å². The maximum Gasteiger partial charge on any atom is 0.0406 e. The van der Waals surface area contributed by atoms with Crippen molar-refractivity contribution >= 4 is 27.6 Å². The average Bonchev–Trinajstić information content (AvgIpc) is 2.97. The molecule has 6 aromatic rings. The third-order valence-electron chi connectivity index (χ3n) is 7.03. The van der Waals surface area contributed by atoms with Gasteiger partial charge in [0.2, 0.25) is 0 Å². The lowest BCUT2D eigenvalue weighted by atomic mass is 9.83. The summed E-state index contributed by atoms with van der Waals surface area (Å²) in [5, 5.41) is 4.81. The largest absolute Gasteiger partial charge is 0.115 e. The number of benzene rings is 6. The van der Waals surface area contributed by atoms with Crippen molar-refractivity contribution in [1.29, 1.82) is 0 Å². The third-order valence-corrected chi connectivity index (χ3v) is 7.03. The molecule has 0 heterocycles. The minimum absolute atomic E-state index is 0. The second-order valence-electron chi connectivity index (χ2n) is 9.24. The van der Waals surface area contributed by atoms with Crippen molar-refractivity contribution < 1.29 is 0 Å². The molecule has 0 aliphatic heterocycles. The summed E-state index contributed by atoms with van der Waals surface area (Å²) in [6, 6.07) is 43.0. The molecule has 0 saturated carbocycles. The molecule has 0 nitrogen and oxygen atoms in total. The Morgan fingerprint density at radius 3 is 1.76 bits per heavy atom. The molecule has 0 heteroatoms. The maximum atomic E-state index is 6.31. The van der Waals surface area contributed by atoms with Gasteiger partial charge in [0, 0.05) is 11.1 Å². The topological polar surface area (TPSA) is 0 Å². The van der Waals surface area contributed by atoms with Crippen LogP contribution in [-0.4, -0.2) is 0 Å². The summed E-state index contributed by atoms with van der Waals surface area (Å²) in [7, 11) is 0. The lowest BCUT2D eigenvalue weighted by Crippen LogP contribution is -1.97. The van der Waals surface area contributed by atoms with Gasteiger partial charge in [0.1, 0.15) is 0 Å². The van der Waals surface area contributed by atoms with Crippen LogP contribution in [0, 0.1) is 12.3 Å². The molecule has 0 radical (unpaired) electrons. The van der Waals surface area contributed by atoms with E-state index in [1.807, 2.05) is 6.07 Å². The van der Waals surface area contributed by atoms with Gasteiger partial charge in [-0.3, -0.25) is 0 Å². The predicted molar refractivity (Wildman–Crippen MR) is 187 cm³/mol. The molecule has 0 saturated heterocycles. The fourth-order valence-electron chi connectivity index (χ4n) is 5.38. The van der Waals surface area contributed by atoms with Crippen LogP contribution in [0.4, 0.5) is 0 Å². The molecule has 0 bridgehead atoms. The molecular formula is C41H42. The molecule has 206 valence electrons. The molecule has 0 aromatic heterocycles. The zero-order valence-corrected chi connectivity index (χ0v) is 20.8.